The van der Waals surface area contributed by atoms with Crippen molar-refractivity contribution in [1.29, 1.82) is 0 Å². The number of carboxylic acid groups (broad SMARTS) is 1. The number of thiazole rings is 1. The number of aromatic nitrogens is 4. The minimum Gasteiger partial charge on any atom is -0.477 e. The van der Waals surface area contributed by atoms with Crippen molar-refractivity contribution in [3.05, 3.63) is 58.4 Å². The number of benzene rings is 1. The van der Waals surface area contributed by atoms with Gasteiger partial charge in [0.25, 0.3) is 0 Å². The molecule has 1 aromatic carbocycles. The lowest BCUT2D eigenvalue weighted by atomic mass is 9.97. The molecule has 1 atom stereocenters. The first-order valence-corrected chi connectivity index (χ1v) is 8.03. The molecule has 0 aliphatic heterocycles. The van der Waals surface area contributed by atoms with Gasteiger partial charge in [-0.25, -0.2) is 9.78 Å². The molecule has 0 amide bonds. The summed E-state index contributed by atoms with van der Waals surface area (Å²) >= 11 is 1.10. The van der Waals surface area contributed by atoms with E-state index in [1.165, 1.54) is 10.2 Å². The van der Waals surface area contributed by atoms with Gasteiger partial charge in [0.15, 0.2) is 0 Å². The van der Waals surface area contributed by atoms with Crippen molar-refractivity contribution in [2.75, 3.05) is 0 Å². The third kappa shape index (κ3) is 3.29. The van der Waals surface area contributed by atoms with E-state index in [0.29, 0.717) is 16.7 Å². The number of carbonyl (C=O) groups is 1. The second-order valence-corrected chi connectivity index (χ2v) is 6.36. The van der Waals surface area contributed by atoms with Crippen LogP contribution in [0.4, 0.5) is 0 Å². The number of nitrogens with zero attached hydrogens (tertiary/aromatic N) is 4. The van der Waals surface area contributed by atoms with Crippen LogP contribution in [-0.2, 0) is 6.42 Å². The molecule has 1 N–H and O–H groups in total. The fourth-order valence-electron chi connectivity index (χ4n) is 2.38. The predicted octanol–water partition coefficient (Wildman–Crippen LogP) is 3.08. The van der Waals surface area contributed by atoms with Gasteiger partial charge in [0.05, 0.1) is 17.6 Å². The quantitative estimate of drug-likeness (QED) is 0.778. The van der Waals surface area contributed by atoms with Crippen molar-refractivity contribution >= 4 is 17.3 Å². The lowest BCUT2D eigenvalue weighted by molar-refractivity contribution is 0.0701. The molecule has 1 unspecified atom stereocenters. The van der Waals surface area contributed by atoms with Gasteiger partial charge in [-0.15, -0.1) is 5.10 Å². The summed E-state index contributed by atoms with van der Waals surface area (Å²) in [6, 6.07) is 10.2. The first kappa shape index (κ1) is 15.4. The van der Waals surface area contributed by atoms with Gasteiger partial charge in [0.1, 0.15) is 4.88 Å². The normalized spacial score (nSPS) is 12.3. The third-order valence-electron chi connectivity index (χ3n) is 3.60. The molecule has 0 saturated heterocycles. The van der Waals surface area contributed by atoms with E-state index >= 15 is 0 Å². The van der Waals surface area contributed by atoms with Gasteiger partial charge in [-0.05, 0) is 24.8 Å². The monoisotopic (exact) mass is 328 g/mol. The van der Waals surface area contributed by atoms with E-state index in [0.717, 1.165) is 23.5 Å². The summed E-state index contributed by atoms with van der Waals surface area (Å²) in [5, 5.41) is 17.9. The Morgan fingerprint density at radius 1 is 1.35 bits per heavy atom. The van der Waals surface area contributed by atoms with Gasteiger partial charge in [-0.1, -0.05) is 53.8 Å². The van der Waals surface area contributed by atoms with Crippen LogP contribution in [-0.4, -0.2) is 31.1 Å². The maximum absolute atomic E-state index is 11.1. The summed E-state index contributed by atoms with van der Waals surface area (Å²) in [6.45, 7) is 3.82. The highest BCUT2D eigenvalue weighted by Crippen LogP contribution is 2.22. The number of hydrogen-bond donors (Lipinski definition) is 1. The molecule has 3 aromatic rings. The third-order valence-corrected chi connectivity index (χ3v) is 4.74. The van der Waals surface area contributed by atoms with Crippen molar-refractivity contribution < 1.29 is 9.90 Å². The van der Waals surface area contributed by atoms with E-state index in [2.05, 4.69) is 34.4 Å². The summed E-state index contributed by atoms with van der Waals surface area (Å²) in [5.74, 6) is -0.641. The van der Waals surface area contributed by atoms with E-state index in [9.17, 15) is 4.79 Å². The molecule has 2 aromatic heterocycles. The van der Waals surface area contributed by atoms with Gasteiger partial charge in [0, 0.05) is 0 Å². The van der Waals surface area contributed by atoms with Crippen molar-refractivity contribution in [3.8, 4) is 5.13 Å². The number of aryl methyl sites for hydroxylation is 1. The minimum absolute atomic E-state index is 0.231. The summed E-state index contributed by atoms with van der Waals surface area (Å²) in [7, 11) is 0. The molecule has 7 heteroatoms. The van der Waals surface area contributed by atoms with Gasteiger partial charge in [-0.2, -0.15) is 4.68 Å². The SMILES string of the molecule is Cc1nc(-n2cc(CC(C)c3ccccc3)nn2)sc1C(=O)O. The Morgan fingerprint density at radius 2 is 2.09 bits per heavy atom. The van der Waals surface area contributed by atoms with Crippen LogP contribution in [0.1, 0.15) is 39.5 Å². The lowest BCUT2D eigenvalue weighted by Crippen LogP contribution is -1.98. The van der Waals surface area contributed by atoms with Crippen LogP contribution < -0.4 is 0 Å². The first-order chi connectivity index (χ1) is 11.0. The molecule has 0 aliphatic carbocycles. The summed E-state index contributed by atoms with van der Waals surface area (Å²) in [5.41, 5.74) is 2.60. The minimum atomic E-state index is -0.968. The highest BCUT2D eigenvalue weighted by atomic mass is 32.1. The van der Waals surface area contributed by atoms with Crippen molar-refractivity contribution in [2.45, 2.75) is 26.2 Å². The van der Waals surface area contributed by atoms with Crippen LogP contribution in [0.3, 0.4) is 0 Å². The fraction of sp³-hybridized carbons (Fsp3) is 0.250. The van der Waals surface area contributed by atoms with Crippen molar-refractivity contribution in [2.24, 2.45) is 0 Å². The van der Waals surface area contributed by atoms with E-state index < -0.39 is 5.97 Å². The summed E-state index contributed by atoms with van der Waals surface area (Å²) in [4.78, 5) is 15.6. The standard InChI is InChI=1S/C16H16N4O2S/c1-10(12-6-4-3-5-7-12)8-13-9-20(19-18-13)16-17-11(2)14(23-16)15(21)22/h3-7,9-10H,8H2,1-2H3,(H,21,22). The zero-order valence-corrected chi connectivity index (χ0v) is 13.6. The van der Waals surface area contributed by atoms with Crippen LogP contribution >= 0.6 is 11.3 Å². The molecule has 0 spiro atoms. The largest absolute Gasteiger partial charge is 0.477 e. The van der Waals surface area contributed by atoms with Crippen LogP contribution in [0.5, 0.6) is 0 Å². The smallest absolute Gasteiger partial charge is 0.347 e. The van der Waals surface area contributed by atoms with Crippen molar-refractivity contribution in [3.63, 3.8) is 0 Å². The number of hydrogen-bond acceptors (Lipinski definition) is 5. The van der Waals surface area contributed by atoms with Gasteiger partial charge in [0.2, 0.25) is 5.13 Å². The van der Waals surface area contributed by atoms with E-state index in [4.69, 9.17) is 5.11 Å². The fourth-order valence-corrected chi connectivity index (χ4v) is 3.21. The van der Waals surface area contributed by atoms with Crippen LogP contribution in [0.25, 0.3) is 5.13 Å². The highest BCUT2D eigenvalue weighted by Gasteiger charge is 2.16. The number of aromatic carboxylic acids is 1. The molecule has 118 valence electrons. The first-order valence-electron chi connectivity index (χ1n) is 7.22. The molecule has 23 heavy (non-hydrogen) atoms. The zero-order valence-electron chi connectivity index (χ0n) is 12.8. The maximum atomic E-state index is 11.1. The Bertz CT molecular complexity index is 826. The average Bonchev–Trinajstić information content (AvgIpc) is 3.14. The maximum Gasteiger partial charge on any atom is 0.347 e. The molecule has 0 saturated carbocycles. The molecular formula is C16H16N4O2S. The predicted molar refractivity (Wildman–Crippen MR) is 87.3 cm³/mol. The van der Waals surface area contributed by atoms with Crippen LogP contribution in [0.15, 0.2) is 36.5 Å². The molecule has 2 heterocycles. The molecule has 3 rings (SSSR count). The summed E-state index contributed by atoms with van der Waals surface area (Å²) < 4.78 is 1.54. The molecular weight excluding hydrogens is 312 g/mol. The van der Waals surface area contributed by atoms with Crippen LogP contribution in [0, 0.1) is 6.92 Å². The second-order valence-electron chi connectivity index (χ2n) is 5.39. The van der Waals surface area contributed by atoms with Gasteiger partial charge in [-0.3, -0.25) is 0 Å². The Labute approximate surface area is 137 Å². The Hall–Kier alpha value is -2.54. The zero-order chi connectivity index (χ0) is 16.4. The van der Waals surface area contributed by atoms with Crippen LogP contribution in [0.2, 0.25) is 0 Å². The Balaban J connectivity index is 1.78. The Kier molecular flexibility index (Phi) is 4.20. The molecule has 0 aliphatic rings. The molecule has 0 radical (unpaired) electrons. The Morgan fingerprint density at radius 3 is 2.74 bits per heavy atom. The topological polar surface area (TPSA) is 80.9 Å². The van der Waals surface area contributed by atoms with Crippen molar-refractivity contribution in [1.82, 2.24) is 20.0 Å². The second kappa shape index (κ2) is 6.29. The van der Waals surface area contributed by atoms with E-state index in [-0.39, 0.29) is 4.88 Å². The van der Waals surface area contributed by atoms with Gasteiger partial charge < -0.3 is 5.11 Å². The van der Waals surface area contributed by atoms with E-state index in [1.54, 1.807) is 6.92 Å². The number of rotatable bonds is 5. The highest BCUT2D eigenvalue weighted by molar-refractivity contribution is 7.16. The average molecular weight is 328 g/mol. The molecule has 0 bridgehead atoms. The van der Waals surface area contributed by atoms with E-state index in [1.807, 2.05) is 24.4 Å². The number of carboxylic acids is 1. The summed E-state index contributed by atoms with van der Waals surface area (Å²) in [6.07, 6.45) is 2.57. The molecule has 6 nitrogen and oxygen atoms in total. The molecule has 0 fully saturated rings. The van der Waals surface area contributed by atoms with Gasteiger partial charge >= 0.3 is 5.97 Å². The lowest BCUT2D eigenvalue weighted by Gasteiger charge is -2.08.